The molecule has 5 heteroatoms. The molecule has 5 nitrogen and oxygen atoms in total. The van der Waals surface area contributed by atoms with Crippen LogP contribution in [0.4, 0.5) is 0 Å². The van der Waals surface area contributed by atoms with E-state index in [0.717, 1.165) is 0 Å². The molecule has 0 aliphatic rings. The Kier molecular flexibility index (Phi) is 6.72. The molecule has 0 spiro atoms. The lowest BCUT2D eigenvalue weighted by Gasteiger charge is -2.20. The van der Waals surface area contributed by atoms with Crippen LogP contribution in [-0.2, 0) is 9.59 Å². The fourth-order valence-electron chi connectivity index (χ4n) is 1.15. The number of rotatable bonds is 6. The predicted molar refractivity (Wildman–Crippen MR) is 63.8 cm³/mol. The first kappa shape index (κ1) is 14.9. The van der Waals surface area contributed by atoms with Crippen LogP contribution in [-0.4, -0.2) is 30.4 Å². The highest BCUT2D eigenvalue weighted by molar-refractivity contribution is 5.79. The zero-order chi connectivity index (χ0) is 12.6. The van der Waals surface area contributed by atoms with Gasteiger partial charge in [-0.15, -0.1) is 0 Å². The lowest BCUT2D eigenvalue weighted by Crippen LogP contribution is -2.42. The summed E-state index contributed by atoms with van der Waals surface area (Å²) < 4.78 is 0. The first-order chi connectivity index (χ1) is 7.35. The zero-order valence-corrected chi connectivity index (χ0v) is 10.4. The summed E-state index contributed by atoms with van der Waals surface area (Å²) in [4.78, 5) is 22.5. The van der Waals surface area contributed by atoms with Crippen molar-refractivity contribution >= 4 is 11.8 Å². The number of carbonyl (C=O) groups is 2. The molecule has 0 aliphatic carbocycles. The molecule has 0 heterocycles. The van der Waals surface area contributed by atoms with Crippen molar-refractivity contribution in [2.24, 2.45) is 5.73 Å². The number of amides is 2. The Balaban J connectivity index is 3.58. The van der Waals surface area contributed by atoms with Gasteiger partial charge in [-0.25, -0.2) is 0 Å². The quantitative estimate of drug-likeness (QED) is 0.606. The topological polar surface area (TPSA) is 84.2 Å². The minimum Gasteiger partial charge on any atom is -0.356 e. The third-order valence-corrected chi connectivity index (χ3v) is 1.80. The maximum absolute atomic E-state index is 11.4. The highest BCUT2D eigenvalue weighted by atomic mass is 16.2. The van der Waals surface area contributed by atoms with Crippen molar-refractivity contribution in [1.82, 2.24) is 10.6 Å². The molecule has 0 saturated heterocycles. The fourth-order valence-corrected chi connectivity index (χ4v) is 1.15. The maximum Gasteiger partial charge on any atom is 0.222 e. The summed E-state index contributed by atoms with van der Waals surface area (Å²) in [6.45, 7) is 6.66. The molecule has 94 valence electrons. The van der Waals surface area contributed by atoms with Crippen LogP contribution in [0, 0.1) is 0 Å². The Hall–Kier alpha value is -1.10. The summed E-state index contributed by atoms with van der Waals surface area (Å²) in [5.41, 5.74) is 5.06. The Morgan fingerprint density at radius 1 is 1.12 bits per heavy atom. The molecular formula is C11H23N3O2. The van der Waals surface area contributed by atoms with Crippen LogP contribution in [0.3, 0.4) is 0 Å². The van der Waals surface area contributed by atoms with Crippen molar-refractivity contribution in [3.8, 4) is 0 Å². The minimum atomic E-state index is -0.222. The van der Waals surface area contributed by atoms with Gasteiger partial charge in [-0.05, 0) is 33.7 Å². The first-order valence-corrected chi connectivity index (χ1v) is 5.63. The number of hydrogen-bond donors (Lipinski definition) is 3. The molecule has 0 fully saturated rings. The summed E-state index contributed by atoms with van der Waals surface area (Å²) in [6, 6.07) is 0. The second-order valence-corrected chi connectivity index (χ2v) is 4.79. The van der Waals surface area contributed by atoms with Gasteiger partial charge in [0.25, 0.3) is 0 Å². The number of nitrogens with one attached hydrogen (secondary N) is 2. The van der Waals surface area contributed by atoms with Crippen LogP contribution < -0.4 is 16.4 Å². The first-order valence-electron chi connectivity index (χ1n) is 5.63. The lowest BCUT2D eigenvalue weighted by atomic mass is 10.1. The van der Waals surface area contributed by atoms with Gasteiger partial charge in [0.2, 0.25) is 11.8 Å². The standard InChI is InChI=1S/C11H23N3O2/c1-11(2,3)14-10(16)6-8-13-9(15)5-4-7-12/h4-8,12H2,1-3H3,(H,13,15)(H,14,16). The smallest absolute Gasteiger partial charge is 0.222 e. The molecule has 0 radical (unpaired) electrons. The molecule has 0 bridgehead atoms. The summed E-state index contributed by atoms with van der Waals surface area (Å²) in [6.07, 6.45) is 1.42. The number of nitrogens with two attached hydrogens (primary N) is 1. The van der Waals surface area contributed by atoms with E-state index in [9.17, 15) is 9.59 Å². The Morgan fingerprint density at radius 3 is 2.25 bits per heavy atom. The van der Waals surface area contributed by atoms with Crippen LogP contribution in [0.15, 0.2) is 0 Å². The van der Waals surface area contributed by atoms with Crippen LogP contribution in [0.25, 0.3) is 0 Å². The summed E-state index contributed by atoms with van der Waals surface area (Å²) >= 11 is 0. The maximum atomic E-state index is 11.4. The average molecular weight is 229 g/mol. The molecule has 4 N–H and O–H groups in total. The van der Waals surface area contributed by atoms with Gasteiger partial charge < -0.3 is 16.4 Å². The second kappa shape index (κ2) is 7.22. The molecule has 0 aromatic rings. The van der Waals surface area contributed by atoms with E-state index >= 15 is 0 Å². The van der Waals surface area contributed by atoms with Crippen molar-refractivity contribution in [2.75, 3.05) is 13.1 Å². The Bertz CT molecular complexity index is 234. The minimum absolute atomic E-state index is 0.0472. The molecular weight excluding hydrogens is 206 g/mol. The normalized spacial score (nSPS) is 11.0. The third kappa shape index (κ3) is 9.45. The molecule has 0 rings (SSSR count). The van der Waals surface area contributed by atoms with E-state index in [1.54, 1.807) is 0 Å². The largest absolute Gasteiger partial charge is 0.356 e. The monoisotopic (exact) mass is 229 g/mol. The van der Waals surface area contributed by atoms with E-state index in [2.05, 4.69) is 10.6 Å². The van der Waals surface area contributed by atoms with E-state index < -0.39 is 0 Å². The van der Waals surface area contributed by atoms with Gasteiger partial charge in [0.1, 0.15) is 0 Å². The predicted octanol–water partition coefficient (Wildman–Crippen LogP) is 0.146. The molecule has 16 heavy (non-hydrogen) atoms. The third-order valence-electron chi connectivity index (χ3n) is 1.80. The van der Waals surface area contributed by atoms with Gasteiger partial charge in [-0.2, -0.15) is 0 Å². The van der Waals surface area contributed by atoms with E-state index in [1.807, 2.05) is 20.8 Å². The van der Waals surface area contributed by atoms with E-state index in [0.29, 0.717) is 32.4 Å². The van der Waals surface area contributed by atoms with Gasteiger partial charge >= 0.3 is 0 Å². The second-order valence-electron chi connectivity index (χ2n) is 4.79. The van der Waals surface area contributed by atoms with Crippen molar-refractivity contribution in [1.29, 1.82) is 0 Å². The highest BCUT2D eigenvalue weighted by Crippen LogP contribution is 1.98. The van der Waals surface area contributed by atoms with E-state index in [4.69, 9.17) is 5.73 Å². The van der Waals surface area contributed by atoms with Crippen molar-refractivity contribution < 1.29 is 9.59 Å². The van der Waals surface area contributed by atoms with Crippen molar-refractivity contribution in [3.05, 3.63) is 0 Å². The number of carbonyl (C=O) groups excluding carboxylic acids is 2. The van der Waals surface area contributed by atoms with E-state index in [-0.39, 0.29) is 17.4 Å². The highest BCUT2D eigenvalue weighted by Gasteiger charge is 2.13. The summed E-state index contributed by atoms with van der Waals surface area (Å²) in [7, 11) is 0. The van der Waals surface area contributed by atoms with Crippen molar-refractivity contribution in [2.45, 2.75) is 45.6 Å². The van der Waals surface area contributed by atoms with Gasteiger partial charge in [-0.3, -0.25) is 9.59 Å². The fraction of sp³-hybridized carbons (Fsp3) is 0.818. The SMILES string of the molecule is CC(C)(C)NC(=O)CCNC(=O)CCCN. The van der Waals surface area contributed by atoms with E-state index in [1.165, 1.54) is 0 Å². The zero-order valence-electron chi connectivity index (χ0n) is 10.4. The summed E-state index contributed by atoms with van der Waals surface area (Å²) in [5, 5.41) is 5.50. The van der Waals surface area contributed by atoms with Gasteiger partial charge in [-0.1, -0.05) is 0 Å². The number of hydrogen-bond acceptors (Lipinski definition) is 3. The van der Waals surface area contributed by atoms with Crippen LogP contribution in [0.5, 0.6) is 0 Å². The molecule has 2 amide bonds. The Labute approximate surface area is 97.2 Å². The summed E-state index contributed by atoms with van der Waals surface area (Å²) in [5.74, 6) is -0.0966. The van der Waals surface area contributed by atoms with Crippen LogP contribution in [0.2, 0.25) is 0 Å². The van der Waals surface area contributed by atoms with Gasteiger partial charge in [0, 0.05) is 24.9 Å². The van der Waals surface area contributed by atoms with Crippen LogP contribution in [0.1, 0.15) is 40.0 Å². The van der Waals surface area contributed by atoms with Gasteiger partial charge in [0.05, 0.1) is 0 Å². The molecule has 0 atom stereocenters. The molecule has 0 aromatic carbocycles. The lowest BCUT2D eigenvalue weighted by molar-refractivity contribution is -0.123. The van der Waals surface area contributed by atoms with Crippen LogP contribution >= 0.6 is 0 Å². The van der Waals surface area contributed by atoms with Crippen molar-refractivity contribution in [3.63, 3.8) is 0 Å². The Morgan fingerprint density at radius 2 is 1.75 bits per heavy atom. The average Bonchev–Trinajstić information content (AvgIpc) is 2.11. The molecule has 0 aliphatic heterocycles. The molecule has 0 saturated carbocycles. The molecule has 0 aromatic heterocycles. The molecule has 0 unspecified atom stereocenters. The van der Waals surface area contributed by atoms with Gasteiger partial charge in [0.15, 0.2) is 0 Å².